The zero-order valence-electron chi connectivity index (χ0n) is 11.6. The third-order valence-electron chi connectivity index (χ3n) is 2.96. The lowest BCUT2D eigenvalue weighted by molar-refractivity contribution is 0.305. The van der Waals surface area contributed by atoms with E-state index < -0.39 is 0 Å². The highest BCUT2D eigenvalue weighted by Gasteiger charge is 2.07. The van der Waals surface area contributed by atoms with Crippen molar-refractivity contribution in [1.82, 2.24) is 0 Å². The van der Waals surface area contributed by atoms with Crippen LogP contribution < -0.4 is 10.5 Å². The van der Waals surface area contributed by atoms with Crippen molar-refractivity contribution in [2.45, 2.75) is 26.0 Å². The summed E-state index contributed by atoms with van der Waals surface area (Å²) in [5.74, 6) is 0.376. The topological polar surface area (TPSA) is 35.2 Å². The van der Waals surface area contributed by atoms with E-state index in [4.69, 9.17) is 22.1 Å². The minimum absolute atomic E-state index is 0.0641. The van der Waals surface area contributed by atoms with Gasteiger partial charge in [0, 0.05) is 21.1 Å². The average molecular weight is 373 g/mol. The second-order valence-corrected chi connectivity index (χ2v) is 6.22. The summed E-state index contributed by atoms with van der Waals surface area (Å²) in [7, 11) is 0. The van der Waals surface area contributed by atoms with Crippen molar-refractivity contribution in [3.63, 3.8) is 0 Å². The lowest BCUT2D eigenvalue weighted by Crippen LogP contribution is -2.18. The van der Waals surface area contributed by atoms with Gasteiger partial charge in [0.05, 0.1) is 0 Å². The molecule has 5 heteroatoms. The van der Waals surface area contributed by atoms with E-state index >= 15 is 0 Å². The predicted octanol–water partition coefficient (Wildman–Crippen LogP) is 4.71. The van der Waals surface area contributed by atoms with Gasteiger partial charge >= 0.3 is 0 Å². The number of benzene rings is 2. The summed E-state index contributed by atoms with van der Waals surface area (Å²) in [6, 6.07) is 9.99. The fraction of sp³-hybridized carbons (Fsp3) is 0.250. The third kappa shape index (κ3) is 4.70. The molecule has 2 N–H and O–H groups in total. The highest BCUT2D eigenvalue weighted by molar-refractivity contribution is 9.10. The molecule has 0 radical (unpaired) electrons. The molecule has 1 atom stereocenters. The Morgan fingerprint density at radius 2 is 2.00 bits per heavy atom. The van der Waals surface area contributed by atoms with Crippen molar-refractivity contribution in [2.24, 2.45) is 5.73 Å². The van der Waals surface area contributed by atoms with Crippen molar-refractivity contribution in [3.05, 3.63) is 62.8 Å². The Hall–Kier alpha value is -1.10. The second-order valence-electron chi connectivity index (χ2n) is 4.96. The van der Waals surface area contributed by atoms with Crippen LogP contribution in [0.25, 0.3) is 0 Å². The van der Waals surface area contributed by atoms with E-state index in [1.165, 1.54) is 18.2 Å². The molecule has 1 unspecified atom stereocenters. The first-order chi connectivity index (χ1) is 9.95. The Bertz CT molecular complexity index is 634. The predicted molar refractivity (Wildman–Crippen MR) is 87.2 cm³/mol. The van der Waals surface area contributed by atoms with Crippen LogP contribution in [0.4, 0.5) is 4.39 Å². The van der Waals surface area contributed by atoms with Crippen molar-refractivity contribution >= 4 is 27.5 Å². The summed E-state index contributed by atoms with van der Waals surface area (Å²) < 4.78 is 19.9. The Balaban J connectivity index is 2.11. The van der Waals surface area contributed by atoms with E-state index in [0.29, 0.717) is 16.3 Å². The van der Waals surface area contributed by atoms with Crippen molar-refractivity contribution < 1.29 is 9.13 Å². The molecule has 2 aromatic rings. The lowest BCUT2D eigenvalue weighted by Gasteiger charge is -2.12. The minimum Gasteiger partial charge on any atom is -0.489 e. The van der Waals surface area contributed by atoms with Crippen LogP contribution in [-0.2, 0) is 13.0 Å². The number of rotatable bonds is 5. The van der Waals surface area contributed by atoms with Crippen LogP contribution in [0, 0.1) is 5.82 Å². The van der Waals surface area contributed by atoms with Gasteiger partial charge in [0.15, 0.2) is 0 Å². The van der Waals surface area contributed by atoms with E-state index in [2.05, 4.69) is 15.9 Å². The SMILES string of the molecule is CC(N)Cc1cc(OCc2cc(F)ccc2Cl)ccc1Br. The Labute approximate surface area is 137 Å². The average Bonchev–Trinajstić information content (AvgIpc) is 2.42. The van der Waals surface area contributed by atoms with Gasteiger partial charge < -0.3 is 10.5 Å². The third-order valence-corrected chi connectivity index (χ3v) is 4.10. The molecular weight excluding hydrogens is 357 g/mol. The van der Waals surface area contributed by atoms with Gasteiger partial charge in [-0.1, -0.05) is 27.5 Å². The van der Waals surface area contributed by atoms with Crippen LogP contribution in [0.1, 0.15) is 18.1 Å². The minimum atomic E-state index is -0.327. The molecule has 0 aliphatic carbocycles. The van der Waals surface area contributed by atoms with Gasteiger partial charge in [0.2, 0.25) is 0 Å². The van der Waals surface area contributed by atoms with Gasteiger partial charge in [-0.2, -0.15) is 0 Å². The molecular formula is C16H16BrClFNO. The van der Waals surface area contributed by atoms with E-state index in [0.717, 1.165) is 16.5 Å². The summed E-state index contributed by atoms with van der Waals surface area (Å²) in [6.07, 6.45) is 0.749. The summed E-state index contributed by atoms with van der Waals surface area (Å²) in [6.45, 7) is 2.17. The summed E-state index contributed by atoms with van der Waals surface area (Å²) in [4.78, 5) is 0. The molecule has 2 aromatic carbocycles. The fourth-order valence-corrected chi connectivity index (χ4v) is 2.54. The standard InChI is InChI=1S/C16H16BrClFNO/c1-10(20)6-11-8-14(3-4-15(11)17)21-9-12-7-13(19)2-5-16(12)18/h2-5,7-8,10H,6,9,20H2,1H3. The largest absolute Gasteiger partial charge is 0.489 e. The molecule has 0 saturated heterocycles. The maximum Gasteiger partial charge on any atom is 0.123 e. The molecule has 2 nitrogen and oxygen atoms in total. The molecule has 0 spiro atoms. The highest BCUT2D eigenvalue weighted by atomic mass is 79.9. The zero-order chi connectivity index (χ0) is 15.4. The molecule has 112 valence electrons. The first-order valence-electron chi connectivity index (χ1n) is 6.56. The van der Waals surface area contributed by atoms with Crippen LogP contribution in [0.2, 0.25) is 5.02 Å². The second kappa shape index (κ2) is 7.25. The monoisotopic (exact) mass is 371 g/mol. The van der Waals surface area contributed by atoms with Crippen LogP contribution in [0.15, 0.2) is 40.9 Å². The summed E-state index contributed by atoms with van der Waals surface area (Å²) >= 11 is 9.51. The van der Waals surface area contributed by atoms with Crippen LogP contribution in [-0.4, -0.2) is 6.04 Å². The molecule has 0 fully saturated rings. The van der Waals surface area contributed by atoms with Crippen LogP contribution in [0.5, 0.6) is 5.75 Å². The fourth-order valence-electron chi connectivity index (χ4n) is 1.96. The number of nitrogens with two attached hydrogens (primary N) is 1. The maximum atomic E-state index is 13.2. The Kier molecular flexibility index (Phi) is 5.62. The van der Waals surface area contributed by atoms with Crippen molar-refractivity contribution in [3.8, 4) is 5.75 Å². The van der Waals surface area contributed by atoms with Gasteiger partial charge in [0.25, 0.3) is 0 Å². The number of hydrogen-bond donors (Lipinski definition) is 1. The molecule has 0 aromatic heterocycles. The lowest BCUT2D eigenvalue weighted by atomic mass is 10.1. The first-order valence-corrected chi connectivity index (χ1v) is 7.73. The molecule has 21 heavy (non-hydrogen) atoms. The van der Waals surface area contributed by atoms with E-state index in [9.17, 15) is 4.39 Å². The molecule has 0 aliphatic heterocycles. The Morgan fingerprint density at radius 3 is 2.71 bits per heavy atom. The molecule has 0 heterocycles. The van der Waals surface area contributed by atoms with Gasteiger partial charge in [-0.15, -0.1) is 0 Å². The van der Waals surface area contributed by atoms with Crippen LogP contribution >= 0.6 is 27.5 Å². The quantitative estimate of drug-likeness (QED) is 0.825. The van der Waals surface area contributed by atoms with Crippen molar-refractivity contribution in [1.29, 1.82) is 0 Å². The summed E-state index contributed by atoms with van der Waals surface area (Å²) in [5, 5.41) is 0.490. The molecule has 0 amide bonds. The molecule has 0 bridgehead atoms. The smallest absolute Gasteiger partial charge is 0.123 e. The summed E-state index contributed by atoms with van der Waals surface area (Å²) in [5.41, 5.74) is 7.52. The molecule has 0 aliphatic rings. The Morgan fingerprint density at radius 1 is 1.24 bits per heavy atom. The number of halogens is 3. The normalized spacial score (nSPS) is 12.2. The number of hydrogen-bond acceptors (Lipinski definition) is 2. The highest BCUT2D eigenvalue weighted by Crippen LogP contribution is 2.25. The van der Waals surface area contributed by atoms with Gasteiger partial charge in [-0.05, 0) is 55.3 Å². The van der Waals surface area contributed by atoms with Gasteiger partial charge in [-0.3, -0.25) is 0 Å². The zero-order valence-corrected chi connectivity index (χ0v) is 13.9. The van der Waals surface area contributed by atoms with Gasteiger partial charge in [0.1, 0.15) is 18.2 Å². The van der Waals surface area contributed by atoms with Crippen molar-refractivity contribution in [2.75, 3.05) is 0 Å². The van der Waals surface area contributed by atoms with Gasteiger partial charge in [-0.25, -0.2) is 4.39 Å². The van der Waals surface area contributed by atoms with E-state index in [-0.39, 0.29) is 18.5 Å². The molecule has 0 saturated carbocycles. The first kappa shape index (κ1) is 16.3. The van der Waals surface area contributed by atoms with E-state index in [1.54, 1.807) is 0 Å². The van der Waals surface area contributed by atoms with E-state index in [1.807, 2.05) is 25.1 Å². The number of ether oxygens (including phenoxy) is 1. The molecule has 2 rings (SSSR count). The van der Waals surface area contributed by atoms with Crippen LogP contribution in [0.3, 0.4) is 0 Å². The maximum absolute atomic E-state index is 13.2.